The molecule has 0 aliphatic carbocycles. The zero-order valence-electron chi connectivity index (χ0n) is 10.9. The Balaban J connectivity index is 3.22. The molecular formula is C12H17F2NO3S. The summed E-state index contributed by atoms with van der Waals surface area (Å²) in [6.07, 6.45) is 1.44. The van der Waals surface area contributed by atoms with E-state index in [9.17, 15) is 17.2 Å². The minimum atomic E-state index is -4.01. The average Bonchev–Trinajstić information content (AvgIpc) is 2.36. The molecule has 0 atom stereocenters. The first-order valence-corrected chi connectivity index (χ1v) is 7.34. The zero-order valence-corrected chi connectivity index (χ0v) is 11.7. The Morgan fingerprint density at radius 2 is 1.95 bits per heavy atom. The van der Waals surface area contributed by atoms with Gasteiger partial charge in [-0.3, -0.25) is 0 Å². The van der Waals surface area contributed by atoms with Crippen molar-refractivity contribution in [1.82, 2.24) is 4.31 Å². The minimum Gasteiger partial charge on any atom is -0.391 e. The van der Waals surface area contributed by atoms with Gasteiger partial charge in [0.05, 0.1) is 12.2 Å². The molecule has 0 radical (unpaired) electrons. The van der Waals surface area contributed by atoms with Crippen LogP contribution in [0.1, 0.15) is 25.3 Å². The first-order valence-electron chi connectivity index (χ1n) is 5.90. The molecule has 0 fully saturated rings. The number of unbranched alkanes of at least 4 members (excludes halogenated alkanes) is 1. The van der Waals surface area contributed by atoms with Crippen molar-refractivity contribution in [2.75, 3.05) is 13.6 Å². The highest BCUT2D eigenvalue weighted by Gasteiger charge is 2.26. The molecule has 1 N–H and O–H groups in total. The Bertz CT molecular complexity index is 546. The van der Waals surface area contributed by atoms with E-state index in [1.165, 1.54) is 7.05 Å². The normalized spacial score (nSPS) is 12.1. The van der Waals surface area contributed by atoms with E-state index in [4.69, 9.17) is 5.11 Å². The Morgan fingerprint density at radius 1 is 1.32 bits per heavy atom. The zero-order chi connectivity index (χ0) is 14.6. The average molecular weight is 293 g/mol. The summed E-state index contributed by atoms with van der Waals surface area (Å²) >= 11 is 0. The molecule has 108 valence electrons. The van der Waals surface area contributed by atoms with Crippen molar-refractivity contribution in [1.29, 1.82) is 0 Å². The molecule has 7 heteroatoms. The van der Waals surface area contributed by atoms with E-state index in [2.05, 4.69) is 0 Å². The van der Waals surface area contributed by atoms with Crippen LogP contribution in [0.5, 0.6) is 0 Å². The van der Waals surface area contributed by atoms with Crippen LogP contribution in [0.2, 0.25) is 0 Å². The number of nitrogens with zero attached hydrogens (tertiary/aromatic N) is 1. The van der Waals surface area contributed by atoms with Gasteiger partial charge in [-0.1, -0.05) is 13.3 Å². The molecule has 0 unspecified atom stereocenters. The molecular weight excluding hydrogens is 276 g/mol. The molecule has 1 aromatic carbocycles. The van der Waals surface area contributed by atoms with Gasteiger partial charge in [0.1, 0.15) is 10.7 Å². The van der Waals surface area contributed by atoms with E-state index in [0.717, 1.165) is 22.9 Å². The number of sulfonamides is 1. The molecule has 0 bridgehead atoms. The molecule has 0 aromatic heterocycles. The van der Waals surface area contributed by atoms with E-state index in [1.54, 1.807) is 0 Å². The lowest BCUT2D eigenvalue weighted by Gasteiger charge is -2.18. The van der Waals surface area contributed by atoms with Crippen LogP contribution in [0.15, 0.2) is 17.0 Å². The van der Waals surface area contributed by atoms with Crippen LogP contribution in [0.25, 0.3) is 0 Å². The maximum absolute atomic E-state index is 13.9. The third-order valence-corrected chi connectivity index (χ3v) is 4.70. The van der Waals surface area contributed by atoms with E-state index < -0.39 is 38.7 Å². The number of aliphatic hydroxyl groups is 1. The van der Waals surface area contributed by atoms with Crippen LogP contribution in [0, 0.1) is 11.6 Å². The number of hydrogen-bond acceptors (Lipinski definition) is 3. The van der Waals surface area contributed by atoms with Gasteiger partial charge in [0.25, 0.3) is 0 Å². The Hall–Kier alpha value is -1.05. The lowest BCUT2D eigenvalue weighted by Crippen LogP contribution is -2.29. The summed E-state index contributed by atoms with van der Waals surface area (Å²) in [5.41, 5.74) is -0.634. The number of rotatable bonds is 6. The third-order valence-electron chi connectivity index (χ3n) is 2.82. The van der Waals surface area contributed by atoms with Crippen molar-refractivity contribution in [3.63, 3.8) is 0 Å². The molecule has 0 saturated carbocycles. The monoisotopic (exact) mass is 293 g/mol. The van der Waals surface area contributed by atoms with Crippen molar-refractivity contribution in [2.24, 2.45) is 0 Å². The molecule has 1 aromatic rings. The van der Waals surface area contributed by atoms with Gasteiger partial charge < -0.3 is 5.11 Å². The molecule has 0 amide bonds. The van der Waals surface area contributed by atoms with Gasteiger partial charge in [0, 0.05) is 13.6 Å². The van der Waals surface area contributed by atoms with Gasteiger partial charge in [0.15, 0.2) is 5.82 Å². The highest BCUT2D eigenvalue weighted by molar-refractivity contribution is 7.89. The summed E-state index contributed by atoms with van der Waals surface area (Å²) in [5.74, 6) is -2.19. The fourth-order valence-corrected chi connectivity index (χ4v) is 2.88. The highest BCUT2D eigenvalue weighted by atomic mass is 32.2. The van der Waals surface area contributed by atoms with Crippen molar-refractivity contribution in [3.8, 4) is 0 Å². The summed E-state index contributed by atoms with van der Waals surface area (Å²) in [7, 11) is -2.67. The quantitative estimate of drug-likeness (QED) is 0.871. The Labute approximate surface area is 111 Å². The van der Waals surface area contributed by atoms with Gasteiger partial charge >= 0.3 is 0 Å². The van der Waals surface area contributed by atoms with Crippen molar-refractivity contribution in [2.45, 2.75) is 31.3 Å². The molecule has 0 aliphatic rings. The molecule has 1 rings (SSSR count). The van der Waals surface area contributed by atoms with Gasteiger partial charge in [0.2, 0.25) is 10.0 Å². The fraction of sp³-hybridized carbons (Fsp3) is 0.500. The van der Waals surface area contributed by atoms with Crippen molar-refractivity contribution in [3.05, 3.63) is 29.3 Å². The van der Waals surface area contributed by atoms with Crippen LogP contribution < -0.4 is 0 Å². The highest BCUT2D eigenvalue weighted by Crippen LogP contribution is 2.23. The predicted octanol–water partition coefficient (Wildman–Crippen LogP) is 1.88. The summed E-state index contributed by atoms with van der Waals surface area (Å²) in [5, 5.41) is 8.88. The number of hydrogen-bond donors (Lipinski definition) is 1. The van der Waals surface area contributed by atoms with Gasteiger partial charge in [-0.05, 0) is 18.6 Å². The van der Waals surface area contributed by atoms with Gasteiger partial charge in [-0.2, -0.15) is 0 Å². The lowest BCUT2D eigenvalue weighted by atomic mass is 10.2. The second-order valence-electron chi connectivity index (χ2n) is 4.18. The minimum absolute atomic E-state index is 0.254. The SMILES string of the molecule is CCCCN(C)S(=O)(=O)c1ccc(F)c(CO)c1F. The molecule has 19 heavy (non-hydrogen) atoms. The number of halogens is 2. The summed E-state index contributed by atoms with van der Waals surface area (Å²) in [6.45, 7) is 1.27. The summed E-state index contributed by atoms with van der Waals surface area (Å²) < 4.78 is 52.4. The molecule has 0 aliphatic heterocycles. The second kappa shape index (κ2) is 6.40. The lowest BCUT2D eigenvalue weighted by molar-refractivity contribution is 0.267. The standard InChI is InChI=1S/C12H17F2NO3S/c1-3-4-7-15(2)19(17,18)11-6-5-10(13)9(8-16)12(11)14/h5-6,16H,3-4,7-8H2,1-2H3. The fourth-order valence-electron chi connectivity index (χ4n) is 1.59. The maximum Gasteiger partial charge on any atom is 0.245 e. The summed E-state index contributed by atoms with van der Waals surface area (Å²) in [4.78, 5) is -0.614. The largest absolute Gasteiger partial charge is 0.391 e. The Morgan fingerprint density at radius 3 is 2.47 bits per heavy atom. The van der Waals surface area contributed by atoms with Crippen LogP contribution >= 0.6 is 0 Å². The topological polar surface area (TPSA) is 57.6 Å². The van der Waals surface area contributed by atoms with Crippen molar-refractivity contribution >= 4 is 10.0 Å². The van der Waals surface area contributed by atoms with Crippen molar-refractivity contribution < 1.29 is 22.3 Å². The van der Waals surface area contributed by atoms with Crippen LogP contribution in [-0.4, -0.2) is 31.4 Å². The van der Waals surface area contributed by atoms with E-state index in [0.29, 0.717) is 6.42 Å². The van der Waals surface area contributed by atoms with E-state index in [-0.39, 0.29) is 6.54 Å². The molecule has 0 spiro atoms. The molecule has 4 nitrogen and oxygen atoms in total. The van der Waals surface area contributed by atoms with Gasteiger partial charge in [-0.15, -0.1) is 0 Å². The van der Waals surface area contributed by atoms with Crippen LogP contribution in [0.3, 0.4) is 0 Å². The first-order chi connectivity index (χ1) is 8.86. The second-order valence-corrected chi connectivity index (χ2v) is 6.19. The number of benzene rings is 1. The van der Waals surface area contributed by atoms with E-state index in [1.807, 2.05) is 6.92 Å². The smallest absolute Gasteiger partial charge is 0.245 e. The predicted molar refractivity (Wildman–Crippen MR) is 67.0 cm³/mol. The maximum atomic E-state index is 13.9. The van der Waals surface area contributed by atoms with Gasteiger partial charge in [-0.25, -0.2) is 21.5 Å². The molecule has 0 heterocycles. The number of aliphatic hydroxyl groups excluding tert-OH is 1. The first kappa shape index (κ1) is 16.0. The molecule has 0 saturated heterocycles. The Kier molecular flexibility index (Phi) is 5.39. The van der Waals surface area contributed by atoms with Crippen LogP contribution in [-0.2, 0) is 16.6 Å². The summed E-state index contributed by atoms with van der Waals surface area (Å²) in [6, 6.07) is 1.72. The van der Waals surface area contributed by atoms with E-state index >= 15 is 0 Å². The van der Waals surface area contributed by atoms with Crippen LogP contribution in [0.4, 0.5) is 8.78 Å². The third kappa shape index (κ3) is 3.29.